The van der Waals surface area contributed by atoms with E-state index in [1.807, 2.05) is 32.8 Å². The van der Waals surface area contributed by atoms with Gasteiger partial charge in [-0.05, 0) is 40.1 Å². The van der Waals surface area contributed by atoms with Gasteiger partial charge < -0.3 is 15.1 Å². The van der Waals surface area contributed by atoms with E-state index in [9.17, 15) is 4.79 Å². The van der Waals surface area contributed by atoms with E-state index in [0.29, 0.717) is 16.6 Å². The Labute approximate surface area is 129 Å². The molecule has 0 aliphatic carbocycles. The molecule has 0 spiro atoms. The summed E-state index contributed by atoms with van der Waals surface area (Å²) in [4.78, 5) is 16.4. The topological polar surface area (TPSA) is 35.6 Å². The van der Waals surface area contributed by atoms with Crippen LogP contribution >= 0.6 is 23.2 Å². The van der Waals surface area contributed by atoms with E-state index in [0.717, 1.165) is 17.9 Å². The maximum absolute atomic E-state index is 12.6. The molecule has 0 radical (unpaired) electrons. The van der Waals surface area contributed by atoms with Crippen molar-refractivity contribution < 1.29 is 4.79 Å². The number of anilines is 2. The average Bonchev–Trinajstić information content (AvgIpc) is 2.32. The van der Waals surface area contributed by atoms with Gasteiger partial charge in [-0.15, -0.1) is 0 Å². The maximum atomic E-state index is 12.6. The molecule has 0 fully saturated rings. The quantitative estimate of drug-likeness (QED) is 0.931. The van der Waals surface area contributed by atoms with Crippen LogP contribution in [0.3, 0.4) is 0 Å². The second-order valence-corrected chi connectivity index (χ2v) is 6.61. The summed E-state index contributed by atoms with van der Waals surface area (Å²) >= 11 is 12.2. The van der Waals surface area contributed by atoms with Gasteiger partial charge >= 0.3 is 0 Å². The summed E-state index contributed by atoms with van der Waals surface area (Å²) in [5, 5.41) is 4.16. The molecule has 4 nitrogen and oxygen atoms in total. The molecule has 1 aliphatic rings. The minimum Gasteiger partial charge on any atom is -0.370 e. The fourth-order valence-electron chi connectivity index (χ4n) is 2.22. The summed E-state index contributed by atoms with van der Waals surface area (Å²) in [6.45, 7) is 5.12. The third-order valence-electron chi connectivity index (χ3n) is 3.33. The van der Waals surface area contributed by atoms with Crippen LogP contribution in [0.15, 0.2) is 12.1 Å². The molecular formula is C14H19Cl2N3O. The molecule has 1 amide bonds. The lowest BCUT2D eigenvalue weighted by molar-refractivity contribution is -0.122. The second kappa shape index (κ2) is 5.43. The van der Waals surface area contributed by atoms with E-state index in [1.165, 1.54) is 0 Å². The number of nitrogens with zero attached hydrogens (tertiary/aromatic N) is 2. The zero-order chi connectivity index (χ0) is 15.1. The summed E-state index contributed by atoms with van der Waals surface area (Å²) in [6.07, 6.45) is 0. The summed E-state index contributed by atoms with van der Waals surface area (Å²) in [5.41, 5.74) is 0.963. The van der Waals surface area contributed by atoms with E-state index in [1.54, 1.807) is 17.0 Å². The fourth-order valence-corrected chi connectivity index (χ4v) is 2.54. The summed E-state index contributed by atoms with van der Waals surface area (Å²) in [5.74, 6) is 0.0326. The van der Waals surface area contributed by atoms with Gasteiger partial charge in [0.25, 0.3) is 5.91 Å². The molecule has 6 heteroatoms. The highest BCUT2D eigenvalue weighted by Gasteiger charge is 2.38. The minimum absolute atomic E-state index is 0.0326. The molecule has 1 N–H and O–H groups in total. The van der Waals surface area contributed by atoms with Gasteiger partial charge in [0.2, 0.25) is 0 Å². The van der Waals surface area contributed by atoms with Crippen molar-refractivity contribution in [1.82, 2.24) is 4.90 Å². The Morgan fingerprint density at radius 1 is 1.25 bits per heavy atom. The lowest BCUT2D eigenvalue weighted by Gasteiger charge is -2.40. The molecular weight excluding hydrogens is 297 g/mol. The van der Waals surface area contributed by atoms with Gasteiger partial charge in [-0.25, -0.2) is 0 Å². The summed E-state index contributed by atoms with van der Waals surface area (Å²) < 4.78 is 0. The van der Waals surface area contributed by atoms with Crippen LogP contribution in [0.4, 0.5) is 11.4 Å². The first-order valence-electron chi connectivity index (χ1n) is 6.46. The molecule has 0 unspecified atom stereocenters. The van der Waals surface area contributed by atoms with E-state index in [2.05, 4.69) is 5.32 Å². The van der Waals surface area contributed by atoms with Crippen LogP contribution in [0, 0.1) is 0 Å². The van der Waals surface area contributed by atoms with Gasteiger partial charge in [0.15, 0.2) is 0 Å². The number of hydrogen-bond donors (Lipinski definition) is 1. The zero-order valence-corrected chi connectivity index (χ0v) is 13.6. The van der Waals surface area contributed by atoms with Crippen molar-refractivity contribution >= 4 is 40.5 Å². The predicted octanol–water partition coefficient (Wildman–Crippen LogP) is 3.09. The number of hydrogen-bond acceptors (Lipinski definition) is 3. The molecule has 0 saturated heterocycles. The molecule has 1 aliphatic heterocycles. The number of amides is 1. The van der Waals surface area contributed by atoms with Crippen LogP contribution in [-0.4, -0.2) is 43.5 Å². The zero-order valence-electron chi connectivity index (χ0n) is 12.1. The van der Waals surface area contributed by atoms with E-state index >= 15 is 0 Å². The Balaban J connectivity index is 2.44. The Hall–Kier alpha value is -0.970. The van der Waals surface area contributed by atoms with Gasteiger partial charge in [-0.1, -0.05) is 23.2 Å². The van der Waals surface area contributed by atoms with E-state index in [-0.39, 0.29) is 5.91 Å². The van der Waals surface area contributed by atoms with Crippen LogP contribution in [0.5, 0.6) is 0 Å². The molecule has 1 aromatic carbocycles. The van der Waals surface area contributed by atoms with Crippen LogP contribution in [0.2, 0.25) is 10.0 Å². The molecule has 110 valence electrons. The number of likely N-dealkylation sites (N-methyl/N-ethyl adjacent to an activating group) is 1. The van der Waals surface area contributed by atoms with E-state index in [4.69, 9.17) is 23.2 Å². The number of carbonyl (C=O) groups is 1. The highest BCUT2D eigenvalue weighted by atomic mass is 35.5. The lowest BCUT2D eigenvalue weighted by atomic mass is 9.98. The normalized spacial score (nSPS) is 17.1. The fraction of sp³-hybridized carbons (Fsp3) is 0.500. The monoisotopic (exact) mass is 315 g/mol. The third kappa shape index (κ3) is 2.87. The number of halogens is 2. The number of benzene rings is 1. The van der Waals surface area contributed by atoms with E-state index < -0.39 is 5.54 Å². The van der Waals surface area contributed by atoms with Gasteiger partial charge in [0, 0.05) is 13.1 Å². The Morgan fingerprint density at radius 3 is 2.45 bits per heavy atom. The first kappa shape index (κ1) is 15.4. The van der Waals surface area contributed by atoms with Crippen LogP contribution in [-0.2, 0) is 4.79 Å². The molecule has 0 aromatic heterocycles. The summed E-state index contributed by atoms with van der Waals surface area (Å²) in [6, 6.07) is 3.52. The smallest absolute Gasteiger partial charge is 0.252 e. The Kier molecular flexibility index (Phi) is 4.19. The lowest BCUT2D eigenvalue weighted by Crippen LogP contribution is -2.55. The highest BCUT2D eigenvalue weighted by Crippen LogP contribution is 2.40. The highest BCUT2D eigenvalue weighted by molar-refractivity contribution is 6.42. The van der Waals surface area contributed by atoms with Crippen molar-refractivity contribution in [3.05, 3.63) is 22.2 Å². The molecule has 0 bridgehead atoms. The third-order valence-corrected chi connectivity index (χ3v) is 4.05. The largest absolute Gasteiger partial charge is 0.370 e. The van der Waals surface area contributed by atoms with Crippen molar-refractivity contribution in [2.75, 3.05) is 37.4 Å². The maximum Gasteiger partial charge on any atom is 0.252 e. The van der Waals surface area contributed by atoms with Gasteiger partial charge in [0.05, 0.1) is 21.4 Å². The predicted molar refractivity (Wildman–Crippen MR) is 85.1 cm³/mol. The first-order chi connectivity index (χ1) is 9.22. The van der Waals surface area contributed by atoms with Crippen molar-refractivity contribution in [3.8, 4) is 0 Å². The Morgan fingerprint density at radius 2 is 1.85 bits per heavy atom. The molecule has 20 heavy (non-hydrogen) atoms. The number of nitrogens with one attached hydrogen (secondary N) is 1. The van der Waals surface area contributed by atoms with Gasteiger partial charge in [-0.3, -0.25) is 4.79 Å². The molecule has 0 saturated carbocycles. The number of fused-ring (bicyclic) bond motifs is 1. The second-order valence-electron chi connectivity index (χ2n) is 5.79. The van der Waals surface area contributed by atoms with Crippen molar-refractivity contribution in [3.63, 3.8) is 0 Å². The van der Waals surface area contributed by atoms with Crippen LogP contribution in [0.25, 0.3) is 0 Å². The van der Waals surface area contributed by atoms with Crippen molar-refractivity contribution in [1.29, 1.82) is 0 Å². The standard InChI is InChI=1S/C14H19Cl2N3O/c1-14(2)13(20)19(6-5-18(3)4)12-8-10(16)9(15)7-11(12)17-14/h7-8,17H,5-6H2,1-4H3. The minimum atomic E-state index is -0.656. The molecule has 1 heterocycles. The number of carbonyl (C=O) groups excluding carboxylic acids is 1. The molecule has 1 aromatic rings. The SMILES string of the molecule is CN(C)CCN1C(=O)C(C)(C)Nc2cc(Cl)c(Cl)cc21. The van der Waals surface area contributed by atoms with Crippen molar-refractivity contribution in [2.45, 2.75) is 19.4 Å². The summed E-state index contributed by atoms with van der Waals surface area (Å²) in [7, 11) is 3.96. The number of rotatable bonds is 3. The molecule has 2 rings (SSSR count). The Bertz CT molecular complexity index is 543. The van der Waals surface area contributed by atoms with Crippen LogP contribution < -0.4 is 10.2 Å². The first-order valence-corrected chi connectivity index (χ1v) is 7.22. The van der Waals surface area contributed by atoms with Gasteiger partial charge in [0.1, 0.15) is 5.54 Å². The molecule has 0 atom stereocenters. The van der Waals surface area contributed by atoms with Crippen molar-refractivity contribution in [2.24, 2.45) is 0 Å². The average molecular weight is 316 g/mol. The van der Waals surface area contributed by atoms with Crippen LogP contribution in [0.1, 0.15) is 13.8 Å². The van der Waals surface area contributed by atoms with Gasteiger partial charge in [-0.2, -0.15) is 0 Å².